The number of nitriles is 1. The Morgan fingerprint density at radius 3 is 2.61 bits per heavy atom. The molecule has 6 heteroatoms. The van der Waals surface area contributed by atoms with Crippen molar-refractivity contribution < 1.29 is 14.3 Å². The third-order valence-corrected chi connectivity index (χ3v) is 3.30. The fourth-order valence-corrected chi connectivity index (χ4v) is 2.11. The summed E-state index contributed by atoms with van der Waals surface area (Å²) in [5, 5.41) is 11.8. The Morgan fingerprint density at radius 1 is 1.26 bits per heavy atom. The zero-order chi connectivity index (χ0) is 16.7. The van der Waals surface area contributed by atoms with E-state index in [9.17, 15) is 9.59 Å². The monoisotopic (exact) mass is 309 g/mol. The molecule has 0 aliphatic heterocycles. The molecule has 1 aromatic heterocycles. The van der Waals surface area contributed by atoms with E-state index in [1.54, 1.807) is 36.4 Å². The Kier molecular flexibility index (Phi) is 5.42. The predicted molar refractivity (Wildman–Crippen MR) is 82.4 cm³/mol. The minimum atomic E-state index is -0.879. The summed E-state index contributed by atoms with van der Waals surface area (Å²) in [6, 6.07) is 11.2. The van der Waals surface area contributed by atoms with Gasteiger partial charge in [-0.25, -0.2) is 4.79 Å². The van der Waals surface area contributed by atoms with Gasteiger partial charge in [0, 0.05) is 24.4 Å². The highest BCUT2D eigenvalue weighted by molar-refractivity contribution is 5.96. The van der Waals surface area contributed by atoms with E-state index in [0.29, 0.717) is 16.7 Å². The molecule has 0 aliphatic rings. The Balaban J connectivity index is 2.20. The van der Waals surface area contributed by atoms with Crippen LogP contribution in [0.4, 0.5) is 0 Å². The second kappa shape index (κ2) is 7.71. The van der Waals surface area contributed by atoms with Crippen LogP contribution in [-0.2, 0) is 16.0 Å². The number of pyridine rings is 1. The minimum Gasteiger partial charge on any atom is -0.467 e. The Labute approximate surface area is 133 Å². The molecule has 2 rings (SSSR count). The molecule has 0 saturated heterocycles. The lowest BCUT2D eigenvalue weighted by molar-refractivity contribution is -0.142. The van der Waals surface area contributed by atoms with Crippen molar-refractivity contribution in [2.75, 3.05) is 7.11 Å². The van der Waals surface area contributed by atoms with Crippen LogP contribution in [0, 0.1) is 11.3 Å². The lowest BCUT2D eigenvalue weighted by Crippen LogP contribution is -2.43. The maximum Gasteiger partial charge on any atom is 0.328 e. The maximum absolute atomic E-state index is 12.2. The number of amides is 1. The van der Waals surface area contributed by atoms with Crippen LogP contribution in [0.5, 0.6) is 0 Å². The molecule has 0 radical (unpaired) electrons. The van der Waals surface area contributed by atoms with Gasteiger partial charge in [-0.05, 0) is 23.8 Å². The first-order chi connectivity index (χ1) is 11.2. The van der Waals surface area contributed by atoms with Gasteiger partial charge >= 0.3 is 5.97 Å². The van der Waals surface area contributed by atoms with Crippen LogP contribution in [0.3, 0.4) is 0 Å². The van der Waals surface area contributed by atoms with E-state index in [1.165, 1.54) is 19.5 Å². The van der Waals surface area contributed by atoms with E-state index in [0.717, 1.165) is 0 Å². The largest absolute Gasteiger partial charge is 0.467 e. The van der Waals surface area contributed by atoms with Crippen LogP contribution in [0.15, 0.2) is 48.8 Å². The average Bonchev–Trinajstić information content (AvgIpc) is 2.61. The molecule has 0 saturated carbocycles. The molecule has 23 heavy (non-hydrogen) atoms. The van der Waals surface area contributed by atoms with Crippen LogP contribution in [0.2, 0.25) is 0 Å². The summed E-state index contributed by atoms with van der Waals surface area (Å²) >= 11 is 0. The van der Waals surface area contributed by atoms with Crippen LogP contribution in [-0.4, -0.2) is 30.0 Å². The standard InChI is InChI=1S/C17H15N3O3/c1-23-17(22)15(10-13-4-2-3-5-14(13)11-18)20-16(21)12-6-8-19-9-7-12/h2-9,15H,10H2,1H3,(H,20,21)/t15-/m0/s1. The summed E-state index contributed by atoms with van der Waals surface area (Å²) in [7, 11) is 1.25. The van der Waals surface area contributed by atoms with E-state index >= 15 is 0 Å². The van der Waals surface area contributed by atoms with E-state index in [4.69, 9.17) is 10.00 Å². The molecule has 1 aromatic carbocycles. The Morgan fingerprint density at radius 2 is 1.96 bits per heavy atom. The fraction of sp³-hybridized carbons (Fsp3) is 0.176. The summed E-state index contributed by atoms with van der Waals surface area (Å²) in [6.07, 6.45) is 3.16. The molecule has 1 N–H and O–H groups in total. The fourth-order valence-electron chi connectivity index (χ4n) is 2.11. The van der Waals surface area contributed by atoms with Gasteiger partial charge in [0.1, 0.15) is 6.04 Å². The summed E-state index contributed by atoms with van der Waals surface area (Å²) < 4.78 is 4.75. The van der Waals surface area contributed by atoms with Crippen molar-refractivity contribution >= 4 is 11.9 Å². The molecular weight excluding hydrogens is 294 g/mol. The van der Waals surface area contributed by atoms with E-state index < -0.39 is 17.9 Å². The van der Waals surface area contributed by atoms with E-state index in [2.05, 4.69) is 16.4 Å². The number of carbonyl (C=O) groups is 2. The molecule has 1 amide bonds. The van der Waals surface area contributed by atoms with Crippen molar-refractivity contribution in [3.05, 3.63) is 65.5 Å². The highest BCUT2D eigenvalue weighted by Gasteiger charge is 2.23. The number of esters is 1. The molecule has 1 atom stereocenters. The smallest absolute Gasteiger partial charge is 0.328 e. The zero-order valence-electron chi connectivity index (χ0n) is 12.5. The number of aromatic nitrogens is 1. The number of hydrogen-bond donors (Lipinski definition) is 1. The van der Waals surface area contributed by atoms with E-state index in [-0.39, 0.29) is 6.42 Å². The molecule has 0 unspecified atom stereocenters. The molecule has 116 valence electrons. The Hall–Kier alpha value is -3.20. The molecule has 0 fully saturated rings. The van der Waals surface area contributed by atoms with Gasteiger partial charge in [0.25, 0.3) is 5.91 Å². The number of nitrogens with one attached hydrogen (secondary N) is 1. The van der Waals surface area contributed by atoms with Crippen molar-refractivity contribution in [1.82, 2.24) is 10.3 Å². The first kappa shape index (κ1) is 16.2. The van der Waals surface area contributed by atoms with Gasteiger partial charge in [-0.1, -0.05) is 18.2 Å². The normalized spacial score (nSPS) is 11.1. The number of hydrogen-bond acceptors (Lipinski definition) is 5. The van der Waals surface area contributed by atoms with Gasteiger partial charge in [0.2, 0.25) is 0 Å². The van der Waals surface area contributed by atoms with Crippen LogP contribution in [0.25, 0.3) is 0 Å². The van der Waals surface area contributed by atoms with Crippen molar-refractivity contribution in [1.29, 1.82) is 5.26 Å². The second-order valence-electron chi connectivity index (χ2n) is 4.76. The number of carbonyl (C=O) groups excluding carboxylic acids is 2. The zero-order valence-corrected chi connectivity index (χ0v) is 12.5. The highest BCUT2D eigenvalue weighted by Crippen LogP contribution is 2.11. The lowest BCUT2D eigenvalue weighted by atomic mass is 10.0. The van der Waals surface area contributed by atoms with Gasteiger partial charge in [-0.3, -0.25) is 9.78 Å². The summed E-state index contributed by atoms with van der Waals surface area (Å²) in [4.78, 5) is 28.0. The highest BCUT2D eigenvalue weighted by atomic mass is 16.5. The average molecular weight is 309 g/mol. The third-order valence-electron chi connectivity index (χ3n) is 3.30. The van der Waals surface area contributed by atoms with Crippen molar-refractivity contribution in [3.8, 4) is 6.07 Å². The van der Waals surface area contributed by atoms with Gasteiger partial charge in [0.05, 0.1) is 18.7 Å². The quantitative estimate of drug-likeness (QED) is 0.844. The molecule has 2 aromatic rings. The SMILES string of the molecule is COC(=O)[C@H](Cc1ccccc1C#N)NC(=O)c1ccncc1. The minimum absolute atomic E-state index is 0.174. The van der Waals surface area contributed by atoms with Crippen molar-refractivity contribution in [2.24, 2.45) is 0 Å². The second-order valence-corrected chi connectivity index (χ2v) is 4.76. The van der Waals surface area contributed by atoms with Crippen LogP contribution in [0.1, 0.15) is 21.5 Å². The van der Waals surface area contributed by atoms with Gasteiger partial charge in [0.15, 0.2) is 0 Å². The third kappa shape index (κ3) is 4.14. The van der Waals surface area contributed by atoms with Crippen molar-refractivity contribution in [3.63, 3.8) is 0 Å². The maximum atomic E-state index is 12.2. The van der Waals surface area contributed by atoms with Gasteiger partial charge in [-0.2, -0.15) is 5.26 Å². The first-order valence-electron chi connectivity index (χ1n) is 6.92. The predicted octanol–water partition coefficient (Wildman–Crippen LogP) is 1.47. The molecule has 0 bridgehead atoms. The Bertz CT molecular complexity index is 738. The number of benzene rings is 1. The number of ether oxygens (including phenoxy) is 1. The summed E-state index contributed by atoms with van der Waals surface area (Å²) in [5.74, 6) is -0.975. The number of rotatable bonds is 5. The van der Waals surface area contributed by atoms with Crippen molar-refractivity contribution in [2.45, 2.75) is 12.5 Å². The van der Waals surface area contributed by atoms with Crippen LogP contribution < -0.4 is 5.32 Å². The lowest BCUT2D eigenvalue weighted by Gasteiger charge is -2.17. The van der Waals surface area contributed by atoms with Gasteiger partial charge < -0.3 is 10.1 Å². The molecule has 6 nitrogen and oxygen atoms in total. The molecule has 0 aliphatic carbocycles. The van der Waals surface area contributed by atoms with Gasteiger partial charge in [-0.15, -0.1) is 0 Å². The number of nitrogens with zero attached hydrogens (tertiary/aromatic N) is 2. The molecular formula is C17H15N3O3. The van der Waals surface area contributed by atoms with E-state index in [1.807, 2.05) is 0 Å². The molecule has 1 heterocycles. The number of methoxy groups -OCH3 is 1. The van der Waals surface area contributed by atoms with Crippen LogP contribution >= 0.6 is 0 Å². The summed E-state index contributed by atoms with van der Waals surface area (Å²) in [6.45, 7) is 0. The summed E-state index contributed by atoms with van der Waals surface area (Å²) in [5.41, 5.74) is 1.52. The first-order valence-corrected chi connectivity index (χ1v) is 6.92. The topological polar surface area (TPSA) is 92.1 Å². The molecule has 0 spiro atoms.